The number of benzene rings is 1. The van der Waals surface area contributed by atoms with E-state index in [0.717, 1.165) is 5.56 Å². The highest BCUT2D eigenvalue weighted by Crippen LogP contribution is 2.32. The highest BCUT2D eigenvalue weighted by atomic mass is 16.4. The third kappa shape index (κ3) is 2.28. The molecule has 5 nitrogen and oxygen atoms in total. The van der Waals surface area contributed by atoms with E-state index in [2.05, 4.69) is 0 Å². The predicted molar refractivity (Wildman–Crippen MR) is 72.4 cm³/mol. The van der Waals surface area contributed by atoms with Crippen LogP contribution in [0.4, 0.5) is 10.5 Å². The molecule has 0 aliphatic carbocycles. The summed E-state index contributed by atoms with van der Waals surface area (Å²) in [5.74, 6) is -0.961. The van der Waals surface area contributed by atoms with Crippen LogP contribution < -0.4 is 4.90 Å². The van der Waals surface area contributed by atoms with Gasteiger partial charge in [0.25, 0.3) is 0 Å². The van der Waals surface area contributed by atoms with Crippen molar-refractivity contribution < 1.29 is 14.7 Å². The summed E-state index contributed by atoms with van der Waals surface area (Å²) in [4.78, 5) is 26.9. The monoisotopic (exact) mass is 262 g/mol. The second-order valence-electron chi connectivity index (χ2n) is 4.51. The molecular weight excluding hydrogens is 244 g/mol. The molecule has 19 heavy (non-hydrogen) atoms. The number of carboxylic acids is 1. The van der Waals surface area contributed by atoms with Crippen molar-refractivity contribution in [2.24, 2.45) is 0 Å². The number of carbonyl (C=O) groups excluding carboxylic acids is 1. The Bertz CT molecular complexity index is 497. The van der Waals surface area contributed by atoms with Crippen LogP contribution in [0.5, 0.6) is 0 Å². The summed E-state index contributed by atoms with van der Waals surface area (Å²) in [5, 5.41) is 9.32. The lowest BCUT2D eigenvalue weighted by Gasteiger charge is -2.29. The molecule has 5 heteroatoms. The largest absolute Gasteiger partial charge is 0.480 e. The smallest absolute Gasteiger partial charge is 0.327 e. The minimum absolute atomic E-state index is 0.234. The highest BCUT2D eigenvalue weighted by Gasteiger charge is 2.39. The summed E-state index contributed by atoms with van der Waals surface area (Å²) in [6, 6.07) is 6.34. The van der Waals surface area contributed by atoms with Crippen LogP contribution in [0.25, 0.3) is 0 Å². The molecule has 0 saturated carbocycles. The molecule has 0 fully saturated rings. The Hall–Kier alpha value is -2.04. The minimum Gasteiger partial charge on any atom is -0.480 e. The Labute approximate surface area is 112 Å². The van der Waals surface area contributed by atoms with E-state index in [1.165, 1.54) is 4.90 Å². The van der Waals surface area contributed by atoms with Gasteiger partial charge in [-0.2, -0.15) is 0 Å². The molecule has 0 bridgehead atoms. The van der Waals surface area contributed by atoms with Crippen molar-refractivity contribution in [3.05, 3.63) is 29.8 Å². The lowest BCUT2D eigenvalue weighted by molar-refractivity contribution is -0.138. The van der Waals surface area contributed by atoms with Crippen LogP contribution in [-0.4, -0.2) is 41.1 Å². The Morgan fingerprint density at radius 1 is 1.32 bits per heavy atom. The fourth-order valence-electron chi connectivity index (χ4n) is 2.47. The van der Waals surface area contributed by atoms with Gasteiger partial charge >= 0.3 is 12.0 Å². The summed E-state index contributed by atoms with van der Waals surface area (Å²) < 4.78 is 0. The van der Waals surface area contributed by atoms with E-state index in [4.69, 9.17) is 0 Å². The van der Waals surface area contributed by atoms with Crippen molar-refractivity contribution in [3.8, 4) is 0 Å². The molecule has 1 unspecified atom stereocenters. The van der Waals surface area contributed by atoms with Crippen molar-refractivity contribution in [3.63, 3.8) is 0 Å². The molecule has 0 radical (unpaired) electrons. The van der Waals surface area contributed by atoms with E-state index in [1.807, 2.05) is 32.0 Å². The zero-order valence-electron chi connectivity index (χ0n) is 11.2. The van der Waals surface area contributed by atoms with Gasteiger partial charge < -0.3 is 10.0 Å². The molecule has 1 aromatic carbocycles. The standard InChI is InChI=1S/C14H18N2O3/c1-3-15(4-2)14(19)16-11-8-6-5-7-10(11)9-12(16)13(17)18/h5-8,12H,3-4,9H2,1-2H3,(H,17,18). The number of carbonyl (C=O) groups is 2. The maximum atomic E-state index is 12.5. The number of anilines is 1. The Morgan fingerprint density at radius 2 is 1.95 bits per heavy atom. The van der Waals surface area contributed by atoms with E-state index in [0.29, 0.717) is 25.2 Å². The van der Waals surface area contributed by atoms with Gasteiger partial charge in [0.1, 0.15) is 6.04 Å². The van der Waals surface area contributed by atoms with Gasteiger partial charge in [-0.3, -0.25) is 4.90 Å². The fourth-order valence-corrected chi connectivity index (χ4v) is 2.47. The normalized spacial score (nSPS) is 17.2. The van der Waals surface area contributed by atoms with Gasteiger partial charge in [0.2, 0.25) is 0 Å². The van der Waals surface area contributed by atoms with Gasteiger partial charge in [0.05, 0.1) is 0 Å². The molecule has 2 rings (SSSR count). The molecule has 1 N–H and O–H groups in total. The van der Waals surface area contributed by atoms with Crippen LogP contribution in [0, 0.1) is 0 Å². The third-order valence-electron chi connectivity index (χ3n) is 3.50. The first-order valence-corrected chi connectivity index (χ1v) is 6.49. The van der Waals surface area contributed by atoms with Crippen LogP contribution in [0.3, 0.4) is 0 Å². The lowest BCUT2D eigenvalue weighted by atomic mass is 10.1. The third-order valence-corrected chi connectivity index (χ3v) is 3.50. The van der Waals surface area contributed by atoms with Crippen LogP contribution in [0.2, 0.25) is 0 Å². The first-order valence-electron chi connectivity index (χ1n) is 6.49. The summed E-state index contributed by atoms with van der Waals surface area (Å²) >= 11 is 0. The lowest BCUT2D eigenvalue weighted by Crippen LogP contribution is -2.49. The quantitative estimate of drug-likeness (QED) is 0.905. The van der Waals surface area contributed by atoms with Crippen molar-refractivity contribution in [2.45, 2.75) is 26.3 Å². The molecule has 0 spiro atoms. The Kier molecular flexibility index (Phi) is 3.74. The van der Waals surface area contributed by atoms with E-state index in [9.17, 15) is 14.7 Å². The van der Waals surface area contributed by atoms with Gasteiger partial charge in [-0.15, -0.1) is 0 Å². The molecule has 0 saturated heterocycles. The molecule has 1 aliphatic rings. The molecule has 1 aromatic rings. The van der Waals surface area contributed by atoms with Crippen molar-refractivity contribution in [1.29, 1.82) is 0 Å². The summed E-state index contributed by atoms with van der Waals surface area (Å²) in [5.41, 5.74) is 1.63. The fraction of sp³-hybridized carbons (Fsp3) is 0.429. The molecule has 1 aliphatic heterocycles. The Morgan fingerprint density at radius 3 is 2.53 bits per heavy atom. The van der Waals surface area contributed by atoms with Crippen LogP contribution in [0.1, 0.15) is 19.4 Å². The zero-order chi connectivity index (χ0) is 14.0. The molecule has 2 amide bonds. The summed E-state index contributed by atoms with van der Waals surface area (Å²) in [7, 11) is 0. The maximum Gasteiger partial charge on any atom is 0.327 e. The number of carboxylic acid groups (broad SMARTS) is 1. The van der Waals surface area contributed by atoms with Gasteiger partial charge in [-0.25, -0.2) is 9.59 Å². The average Bonchev–Trinajstić information content (AvgIpc) is 2.79. The highest BCUT2D eigenvalue weighted by molar-refractivity contribution is 6.01. The zero-order valence-corrected chi connectivity index (χ0v) is 11.2. The Balaban J connectivity index is 2.39. The minimum atomic E-state index is -0.961. The van der Waals surface area contributed by atoms with Gasteiger partial charge in [-0.1, -0.05) is 18.2 Å². The topological polar surface area (TPSA) is 60.9 Å². The molecule has 0 aromatic heterocycles. The number of nitrogens with zero attached hydrogens (tertiary/aromatic N) is 2. The summed E-state index contributed by atoms with van der Waals surface area (Å²) in [6.07, 6.45) is 0.374. The predicted octanol–water partition coefficient (Wildman–Crippen LogP) is 1.96. The van der Waals surface area contributed by atoms with E-state index in [1.54, 1.807) is 11.0 Å². The van der Waals surface area contributed by atoms with Gasteiger partial charge in [0, 0.05) is 25.2 Å². The number of aliphatic carboxylic acids is 1. The second-order valence-corrected chi connectivity index (χ2v) is 4.51. The average molecular weight is 262 g/mol. The number of para-hydroxylation sites is 1. The van der Waals surface area contributed by atoms with E-state index < -0.39 is 12.0 Å². The maximum absolute atomic E-state index is 12.5. The number of amides is 2. The number of fused-ring (bicyclic) bond motifs is 1. The van der Waals surface area contributed by atoms with E-state index >= 15 is 0 Å². The molecule has 1 atom stereocenters. The number of urea groups is 1. The van der Waals surface area contributed by atoms with Crippen LogP contribution >= 0.6 is 0 Å². The van der Waals surface area contributed by atoms with Gasteiger partial charge in [0.15, 0.2) is 0 Å². The number of hydrogen-bond donors (Lipinski definition) is 1. The first-order chi connectivity index (χ1) is 9.10. The number of rotatable bonds is 3. The second kappa shape index (κ2) is 5.30. The molecular formula is C14H18N2O3. The SMILES string of the molecule is CCN(CC)C(=O)N1c2ccccc2CC1C(=O)O. The summed E-state index contributed by atoms with van der Waals surface area (Å²) in [6.45, 7) is 4.92. The van der Waals surface area contributed by atoms with Crippen molar-refractivity contribution in [2.75, 3.05) is 18.0 Å². The van der Waals surface area contributed by atoms with Crippen LogP contribution in [0.15, 0.2) is 24.3 Å². The van der Waals surface area contributed by atoms with Crippen molar-refractivity contribution >= 4 is 17.7 Å². The van der Waals surface area contributed by atoms with Crippen molar-refractivity contribution in [1.82, 2.24) is 4.90 Å². The van der Waals surface area contributed by atoms with Gasteiger partial charge in [-0.05, 0) is 25.5 Å². The van der Waals surface area contributed by atoms with E-state index in [-0.39, 0.29) is 6.03 Å². The van der Waals surface area contributed by atoms with Crippen LogP contribution in [-0.2, 0) is 11.2 Å². The molecule has 102 valence electrons. The first kappa shape index (κ1) is 13.4. The molecule has 1 heterocycles. The number of hydrogen-bond acceptors (Lipinski definition) is 2.